The van der Waals surface area contributed by atoms with Gasteiger partial charge in [-0.3, -0.25) is 14.9 Å². The van der Waals surface area contributed by atoms with Crippen LogP contribution in [0.4, 0.5) is 5.69 Å². The van der Waals surface area contributed by atoms with Gasteiger partial charge in [0.05, 0.1) is 17.6 Å². The minimum Gasteiger partial charge on any atom is -0.475 e. The van der Waals surface area contributed by atoms with Crippen molar-refractivity contribution >= 4 is 17.4 Å². The van der Waals surface area contributed by atoms with Crippen LogP contribution in [-0.2, 0) is 11.2 Å². The molecule has 0 aliphatic carbocycles. The number of esters is 1. The van der Waals surface area contributed by atoms with E-state index >= 15 is 0 Å². The first-order chi connectivity index (χ1) is 12.4. The number of ether oxygens (including phenoxy) is 2. The van der Waals surface area contributed by atoms with Gasteiger partial charge in [-0.2, -0.15) is 0 Å². The molecule has 2 aromatic carbocycles. The molecule has 0 N–H and O–H groups in total. The molecule has 2 rings (SSSR count). The number of carbonyl (C=O) groups excluding carboxylic acids is 2. The average molecular weight is 357 g/mol. The molecule has 0 fully saturated rings. The van der Waals surface area contributed by atoms with E-state index in [0.717, 1.165) is 18.1 Å². The van der Waals surface area contributed by atoms with Crippen molar-refractivity contribution in [3.63, 3.8) is 0 Å². The molecular weight excluding hydrogens is 338 g/mol. The molecule has 0 spiro atoms. The fourth-order valence-corrected chi connectivity index (χ4v) is 2.39. The van der Waals surface area contributed by atoms with E-state index in [1.54, 1.807) is 12.1 Å². The first-order valence-corrected chi connectivity index (χ1v) is 8.04. The number of carbonyl (C=O) groups is 2. The van der Waals surface area contributed by atoms with Gasteiger partial charge in [-0.15, -0.1) is 0 Å². The van der Waals surface area contributed by atoms with E-state index in [1.807, 2.05) is 19.1 Å². The Morgan fingerprint density at radius 1 is 1.12 bits per heavy atom. The molecule has 0 heterocycles. The van der Waals surface area contributed by atoms with Crippen LogP contribution in [0.15, 0.2) is 42.5 Å². The number of ketones is 1. The summed E-state index contributed by atoms with van der Waals surface area (Å²) in [7, 11) is 1.18. The highest BCUT2D eigenvalue weighted by Gasteiger charge is 2.24. The Labute approximate surface area is 150 Å². The van der Waals surface area contributed by atoms with E-state index in [-0.39, 0.29) is 17.1 Å². The van der Waals surface area contributed by atoms with Crippen LogP contribution in [0.3, 0.4) is 0 Å². The third-order valence-corrected chi connectivity index (χ3v) is 3.90. The Morgan fingerprint density at radius 2 is 1.73 bits per heavy atom. The van der Waals surface area contributed by atoms with Crippen molar-refractivity contribution in [3.05, 3.63) is 69.3 Å². The molecule has 26 heavy (non-hydrogen) atoms. The third kappa shape index (κ3) is 4.24. The number of aryl methyl sites for hydroxylation is 1. The molecular formula is C19H19NO6. The normalized spacial score (nSPS) is 11.5. The summed E-state index contributed by atoms with van der Waals surface area (Å²) in [6.07, 6.45) is -0.0654. The van der Waals surface area contributed by atoms with Gasteiger partial charge in [0.25, 0.3) is 0 Å². The topological polar surface area (TPSA) is 95.7 Å². The average Bonchev–Trinajstić information content (AvgIpc) is 2.66. The molecule has 0 bridgehead atoms. The Bertz CT molecular complexity index is 828. The van der Waals surface area contributed by atoms with Crippen LogP contribution in [0.25, 0.3) is 0 Å². The zero-order chi connectivity index (χ0) is 19.3. The predicted molar refractivity (Wildman–Crippen MR) is 94.7 cm³/mol. The van der Waals surface area contributed by atoms with Gasteiger partial charge in [-0.05, 0) is 31.0 Å². The van der Waals surface area contributed by atoms with Gasteiger partial charge in [0.2, 0.25) is 5.78 Å². The number of nitrogens with zero attached hydrogens (tertiary/aromatic N) is 1. The van der Waals surface area contributed by atoms with Crippen molar-refractivity contribution in [2.75, 3.05) is 7.11 Å². The van der Waals surface area contributed by atoms with Crippen LogP contribution in [0.5, 0.6) is 5.75 Å². The number of benzene rings is 2. The maximum atomic E-state index is 12.5. The number of nitro groups is 1. The minimum atomic E-state index is -0.926. The molecule has 0 unspecified atom stereocenters. The number of hydrogen-bond donors (Lipinski definition) is 0. The van der Waals surface area contributed by atoms with Crippen LogP contribution in [0.1, 0.15) is 40.1 Å². The molecule has 0 aromatic heterocycles. The molecule has 0 saturated heterocycles. The van der Waals surface area contributed by atoms with E-state index < -0.39 is 22.7 Å². The van der Waals surface area contributed by atoms with E-state index in [4.69, 9.17) is 4.74 Å². The first-order valence-electron chi connectivity index (χ1n) is 8.04. The monoisotopic (exact) mass is 357 g/mol. The lowest BCUT2D eigenvalue weighted by atomic mass is 10.0. The highest BCUT2D eigenvalue weighted by Crippen LogP contribution is 2.29. The van der Waals surface area contributed by atoms with Crippen molar-refractivity contribution in [1.82, 2.24) is 0 Å². The largest absolute Gasteiger partial charge is 0.475 e. The Kier molecular flexibility index (Phi) is 6.06. The summed E-state index contributed by atoms with van der Waals surface area (Å²) in [5.74, 6) is -1.08. The lowest BCUT2D eigenvalue weighted by molar-refractivity contribution is -0.386. The second-order valence-corrected chi connectivity index (χ2v) is 5.61. The van der Waals surface area contributed by atoms with Gasteiger partial charge in [0, 0.05) is 11.6 Å². The smallest absolute Gasteiger partial charge is 0.338 e. The van der Waals surface area contributed by atoms with Crippen molar-refractivity contribution in [2.45, 2.75) is 26.4 Å². The summed E-state index contributed by atoms with van der Waals surface area (Å²) in [6.45, 7) is 3.54. The minimum absolute atomic E-state index is 0.0284. The summed E-state index contributed by atoms with van der Waals surface area (Å²) in [5, 5.41) is 11.3. The maximum Gasteiger partial charge on any atom is 0.338 e. The number of nitro benzene ring substituents is 1. The second kappa shape index (κ2) is 8.24. The molecule has 0 aliphatic rings. The highest BCUT2D eigenvalue weighted by atomic mass is 16.6. The van der Waals surface area contributed by atoms with Crippen molar-refractivity contribution in [2.24, 2.45) is 0 Å². The van der Waals surface area contributed by atoms with Crippen molar-refractivity contribution in [1.29, 1.82) is 0 Å². The van der Waals surface area contributed by atoms with Crippen LogP contribution >= 0.6 is 0 Å². The second-order valence-electron chi connectivity index (χ2n) is 5.61. The number of rotatable bonds is 7. The lowest BCUT2D eigenvalue weighted by Gasteiger charge is -2.14. The summed E-state index contributed by atoms with van der Waals surface area (Å²) in [5.41, 5.74) is 1.18. The van der Waals surface area contributed by atoms with Crippen molar-refractivity contribution < 1.29 is 24.0 Å². The van der Waals surface area contributed by atoms with Gasteiger partial charge in [-0.1, -0.05) is 31.2 Å². The zero-order valence-electron chi connectivity index (χ0n) is 14.7. The fraction of sp³-hybridized carbons (Fsp3) is 0.263. The molecule has 7 heteroatoms. The van der Waals surface area contributed by atoms with Crippen LogP contribution < -0.4 is 4.74 Å². The molecule has 2 aromatic rings. The zero-order valence-corrected chi connectivity index (χ0v) is 14.7. The maximum absolute atomic E-state index is 12.5. The summed E-state index contributed by atoms with van der Waals surface area (Å²) in [4.78, 5) is 34.6. The van der Waals surface area contributed by atoms with Gasteiger partial charge in [0.15, 0.2) is 11.9 Å². The summed E-state index contributed by atoms with van der Waals surface area (Å²) < 4.78 is 10.1. The Morgan fingerprint density at radius 3 is 2.27 bits per heavy atom. The summed E-state index contributed by atoms with van der Waals surface area (Å²) in [6, 6.07) is 10.8. The molecule has 0 amide bonds. The SMILES string of the molecule is CCc1ccc(C(=O)[C@@H](C)Oc2ccc(C(=O)OC)cc2[N+](=O)[O-])cc1. The highest BCUT2D eigenvalue weighted by molar-refractivity contribution is 5.99. The molecule has 0 saturated carbocycles. The number of methoxy groups -OCH3 is 1. The quantitative estimate of drug-likeness (QED) is 0.325. The van der Waals surface area contributed by atoms with Crippen LogP contribution in [-0.4, -0.2) is 29.9 Å². The molecule has 0 aliphatic heterocycles. The first kappa shape index (κ1) is 19.1. The standard InChI is InChI=1S/C19H19NO6/c1-4-13-5-7-14(8-6-13)18(21)12(2)26-17-10-9-15(19(22)25-3)11-16(17)20(23)24/h5-12H,4H2,1-3H3/t12-/m1/s1. The fourth-order valence-electron chi connectivity index (χ4n) is 2.39. The van der Waals surface area contributed by atoms with Gasteiger partial charge >= 0.3 is 11.7 Å². The van der Waals surface area contributed by atoms with Gasteiger partial charge in [0.1, 0.15) is 0 Å². The van der Waals surface area contributed by atoms with Crippen molar-refractivity contribution in [3.8, 4) is 5.75 Å². The summed E-state index contributed by atoms with van der Waals surface area (Å²) >= 11 is 0. The van der Waals surface area contributed by atoms with E-state index in [0.29, 0.717) is 5.56 Å². The predicted octanol–water partition coefficient (Wildman–Crippen LogP) is 3.59. The Balaban J connectivity index is 2.24. The number of Topliss-reactive ketones (excluding diaryl/α,β-unsaturated/α-hetero) is 1. The van der Waals surface area contributed by atoms with E-state index in [1.165, 1.54) is 26.2 Å². The van der Waals surface area contributed by atoms with Gasteiger partial charge < -0.3 is 9.47 Å². The van der Waals surface area contributed by atoms with Crippen LogP contribution in [0.2, 0.25) is 0 Å². The lowest BCUT2D eigenvalue weighted by Crippen LogP contribution is -2.24. The third-order valence-electron chi connectivity index (χ3n) is 3.90. The molecule has 7 nitrogen and oxygen atoms in total. The molecule has 136 valence electrons. The molecule has 0 radical (unpaired) electrons. The van der Waals surface area contributed by atoms with Gasteiger partial charge in [-0.25, -0.2) is 4.79 Å². The van der Waals surface area contributed by atoms with Crippen LogP contribution in [0, 0.1) is 10.1 Å². The Hall–Kier alpha value is -3.22. The molecule has 1 atom stereocenters. The van der Waals surface area contributed by atoms with E-state index in [9.17, 15) is 19.7 Å². The number of hydrogen-bond acceptors (Lipinski definition) is 6. The van der Waals surface area contributed by atoms with E-state index in [2.05, 4.69) is 4.74 Å².